The van der Waals surface area contributed by atoms with E-state index in [0.29, 0.717) is 49.3 Å². The Morgan fingerprint density at radius 1 is 0.961 bits per heavy atom. The molecule has 2 aromatic rings. The maximum atomic E-state index is 14.6. The first-order valence-corrected chi connectivity index (χ1v) is 28.0. The van der Waals surface area contributed by atoms with Crippen LogP contribution in [0.3, 0.4) is 0 Å². The van der Waals surface area contributed by atoms with Crippen LogP contribution in [0.5, 0.6) is 0 Å². The summed E-state index contributed by atoms with van der Waals surface area (Å²) in [7, 11) is 7.07. The predicted octanol–water partition coefficient (Wildman–Crippen LogP) is 4.26. The molecule has 6 N–H and O–H groups in total. The molecule has 432 valence electrons. The van der Waals surface area contributed by atoms with E-state index in [1.165, 1.54) is 32.0 Å². The van der Waals surface area contributed by atoms with Gasteiger partial charge in [0.05, 0.1) is 47.9 Å². The molecule has 20 nitrogen and oxygen atoms in total. The van der Waals surface area contributed by atoms with E-state index in [0.717, 1.165) is 4.90 Å². The van der Waals surface area contributed by atoms with Crippen molar-refractivity contribution in [3.63, 3.8) is 0 Å². The monoisotopic (exact) mass is 1090 g/mol. The minimum Gasteiger partial charge on any atom is -0.477 e. The van der Waals surface area contributed by atoms with Gasteiger partial charge in [-0.05, 0) is 120 Å². The fourth-order valence-electron chi connectivity index (χ4n) is 11.6. The highest BCUT2D eigenvalue weighted by Gasteiger charge is 2.54. The van der Waals surface area contributed by atoms with Crippen LogP contribution in [0.4, 0.5) is 0 Å². The Kier molecular flexibility index (Phi) is 22.4. The molecule has 0 aliphatic carbocycles. The van der Waals surface area contributed by atoms with Crippen molar-refractivity contribution in [2.75, 3.05) is 53.6 Å². The lowest BCUT2D eigenvalue weighted by atomic mass is 9.77. The number of benzene rings is 1. The molecule has 1 aromatic heterocycles. The number of aliphatic hydroxyl groups excluding tert-OH is 2. The molecule has 0 amide bonds. The van der Waals surface area contributed by atoms with Gasteiger partial charge >= 0.3 is 17.9 Å². The predicted molar refractivity (Wildman–Crippen MR) is 287 cm³/mol. The van der Waals surface area contributed by atoms with E-state index in [9.17, 15) is 44.7 Å². The van der Waals surface area contributed by atoms with Crippen molar-refractivity contribution in [1.29, 1.82) is 0 Å². The highest BCUT2D eigenvalue weighted by Crippen LogP contribution is 2.41. The number of pyridine rings is 1. The lowest BCUT2D eigenvalue weighted by molar-refractivity contribution is -0.318. The summed E-state index contributed by atoms with van der Waals surface area (Å²) in [6, 6.07) is 4.51. The number of hydrogen-bond donors (Lipinski definition) is 6. The number of aromatic nitrogens is 1. The number of nitrogens with one attached hydrogen (secondary N) is 1. The third-order valence-corrected chi connectivity index (χ3v) is 17.1. The zero-order chi connectivity index (χ0) is 56.8. The van der Waals surface area contributed by atoms with Gasteiger partial charge in [0.2, 0.25) is 5.43 Å². The van der Waals surface area contributed by atoms with Gasteiger partial charge in [-0.25, -0.2) is 4.79 Å². The van der Waals surface area contributed by atoms with Crippen molar-refractivity contribution in [3.05, 3.63) is 40.2 Å². The number of aromatic carboxylic acids is 1. The number of aliphatic hydroxyl groups is 4. The normalized spacial score (nSPS) is 37.6. The SMILES string of the molecule is CC[C@@H]1OC(=O)[C@H](C)[C@H](O[C@@H]2C[C@](C)(OC)[C@H](OC(=O)CCNCCSc3ccc4c(c3)c(=O)c(C(=O)O)cn4CC)[C@H](C)O2)[C@@H](C)[C@H](O[C@@H]2O[C@H](C)C[C@H](N(C)C)[C@@H]2O)[C@](C)(O)C[C@H](C)CN(C)[C@H](C)[C@@H](O)[C@]1(C)O. The van der Waals surface area contributed by atoms with Crippen LogP contribution in [0, 0.1) is 17.8 Å². The van der Waals surface area contributed by atoms with Gasteiger partial charge in [-0.2, -0.15) is 0 Å². The van der Waals surface area contributed by atoms with Gasteiger partial charge in [-0.3, -0.25) is 14.4 Å². The zero-order valence-electron chi connectivity index (χ0n) is 47.5. The minimum absolute atomic E-state index is 0.0304. The molecule has 76 heavy (non-hydrogen) atoms. The lowest BCUT2D eigenvalue weighted by Gasteiger charge is -2.49. The van der Waals surface area contributed by atoms with Crippen LogP contribution in [0.1, 0.15) is 119 Å². The number of rotatable bonds is 17. The number of likely N-dealkylation sites (N-methyl/N-ethyl adjacent to an activating group) is 2. The van der Waals surface area contributed by atoms with Crippen molar-refractivity contribution in [2.45, 2.75) is 210 Å². The number of thioether (sulfide) groups is 1. The molecule has 0 bridgehead atoms. The Morgan fingerprint density at radius 2 is 1.64 bits per heavy atom. The molecule has 3 aliphatic heterocycles. The zero-order valence-corrected chi connectivity index (χ0v) is 48.3. The smallest absolute Gasteiger partial charge is 0.341 e. The largest absolute Gasteiger partial charge is 0.477 e. The lowest BCUT2D eigenvalue weighted by Crippen LogP contribution is -2.61. The number of hydrogen-bond acceptors (Lipinski definition) is 19. The molecule has 0 saturated carbocycles. The number of ether oxygens (including phenoxy) is 7. The first-order valence-electron chi connectivity index (χ1n) is 27.0. The molecule has 5 rings (SSSR count). The average Bonchev–Trinajstić information content (AvgIpc) is 3.35. The molecule has 3 saturated heterocycles. The van der Waals surface area contributed by atoms with Gasteiger partial charge in [0.25, 0.3) is 0 Å². The molecule has 3 aliphatic rings. The molecule has 4 heterocycles. The summed E-state index contributed by atoms with van der Waals surface area (Å²) >= 11 is 1.49. The number of nitrogens with zero attached hydrogens (tertiary/aromatic N) is 3. The number of esters is 2. The third kappa shape index (κ3) is 14.9. The minimum atomic E-state index is -1.86. The van der Waals surface area contributed by atoms with Crippen LogP contribution in [0.15, 0.2) is 34.1 Å². The Bertz CT molecular complexity index is 2320. The van der Waals surface area contributed by atoms with Gasteiger partial charge < -0.3 is 78.4 Å². The highest BCUT2D eigenvalue weighted by atomic mass is 32.2. The van der Waals surface area contributed by atoms with E-state index in [-0.39, 0.29) is 49.3 Å². The standard InChI is InChI=1S/C55H90N4O16S/c1-16-41-55(11,68)47(63)34(7)58(14)28-30(3)26-53(9,67)48(75-52-45(62)40(57(12)13)24-31(4)70-52)32(5)46(33(6)51(66)72-41)74-43-27-54(10,69-15)49(35(8)71-43)73-42(60)20-21-56-22-23-76-36-18-19-39-37(25-36)44(61)38(50(64)65)29-59(39)17-2/h18-19,25,29-35,40-41,43,45-49,52,56,62-63,67-68H,16-17,20-24,26-28H2,1-15H3,(H,64,65)/t30-,31+,32+,33+,34+,35-,40-,41-,43+,45-,46+,47+,48-,49+,52-,53+,54-,55+/m0/s1. The van der Waals surface area contributed by atoms with Crippen LogP contribution >= 0.6 is 11.8 Å². The first-order chi connectivity index (χ1) is 35.5. The van der Waals surface area contributed by atoms with E-state index in [4.69, 9.17) is 33.2 Å². The van der Waals surface area contributed by atoms with Crippen LogP contribution < -0.4 is 10.7 Å². The Balaban J connectivity index is 1.34. The maximum absolute atomic E-state index is 14.6. The van der Waals surface area contributed by atoms with E-state index >= 15 is 0 Å². The van der Waals surface area contributed by atoms with Crippen molar-refractivity contribution >= 4 is 40.6 Å². The summed E-state index contributed by atoms with van der Waals surface area (Å²) < 4.78 is 46.6. The fraction of sp³-hybridized carbons (Fsp3) is 0.782. The van der Waals surface area contributed by atoms with Crippen molar-refractivity contribution < 1.29 is 73.1 Å². The van der Waals surface area contributed by atoms with Crippen molar-refractivity contribution in [3.8, 4) is 0 Å². The molecule has 18 atom stereocenters. The summed E-state index contributed by atoms with van der Waals surface area (Å²) in [6.45, 7) is 21.1. The van der Waals surface area contributed by atoms with Gasteiger partial charge in [0.1, 0.15) is 35.1 Å². The van der Waals surface area contributed by atoms with E-state index in [1.807, 2.05) is 63.8 Å². The van der Waals surface area contributed by atoms with Crippen LogP contribution in [0.2, 0.25) is 0 Å². The second-order valence-electron chi connectivity index (χ2n) is 22.6. The van der Waals surface area contributed by atoms with Crippen molar-refractivity contribution in [2.24, 2.45) is 17.8 Å². The number of carboxylic acids is 1. The Labute approximate surface area is 453 Å². The van der Waals surface area contributed by atoms with Gasteiger partial charge in [-0.15, -0.1) is 11.8 Å². The Morgan fingerprint density at radius 3 is 2.26 bits per heavy atom. The average molecular weight is 1100 g/mol. The highest BCUT2D eigenvalue weighted by molar-refractivity contribution is 7.99. The molecular formula is C55H90N4O16S. The first kappa shape index (κ1) is 63.5. The second-order valence-corrected chi connectivity index (χ2v) is 23.8. The van der Waals surface area contributed by atoms with E-state index < -0.39 is 113 Å². The maximum Gasteiger partial charge on any atom is 0.341 e. The van der Waals surface area contributed by atoms with Gasteiger partial charge in [-0.1, -0.05) is 20.8 Å². The summed E-state index contributed by atoms with van der Waals surface area (Å²) in [5.74, 6) is -4.04. The van der Waals surface area contributed by atoms with Crippen LogP contribution in [-0.4, -0.2) is 202 Å². The number of carbonyl (C=O) groups excluding carboxylic acids is 2. The van der Waals surface area contributed by atoms with Crippen LogP contribution in [0.25, 0.3) is 10.9 Å². The summed E-state index contributed by atoms with van der Waals surface area (Å²) in [4.78, 5) is 57.4. The topological polar surface area (TPSA) is 257 Å². The van der Waals surface area contributed by atoms with Crippen molar-refractivity contribution in [1.82, 2.24) is 19.7 Å². The summed E-state index contributed by atoms with van der Waals surface area (Å²) in [6.07, 6.45) is -7.67. The molecule has 1 aromatic carbocycles. The number of carboxylic acid groups (broad SMARTS) is 1. The number of methoxy groups -OCH3 is 1. The van der Waals surface area contributed by atoms with E-state index in [2.05, 4.69) is 5.32 Å². The molecule has 21 heteroatoms. The molecule has 0 radical (unpaired) electrons. The fourth-order valence-corrected chi connectivity index (χ4v) is 12.4. The number of aryl methyl sites for hydroxylation is 1. The quantitative estimate of drug-likeness (QED) is 0.0735. The summed E-state index contributed by atoms with van der Waals surface area (Å²) in [5, 5.41) is 61.3. The molecular weight excluding hydrogens is 1000 g/mol. The Hall–Kier alpha value is -3.29. The van der Waals surface area contributed by atoms with Gasteiger partial charge in [0, 0.05) is 79.9 Å². The summed E-state index contributed by atoms with van der Waals surface area (Å²) in [5.41, 5.74) is -4.80. The second kappa shape index (κ2) is 26.8. The number of cyclic esters (lactones) is 1. The molecule has 0 spiro atoms. The third-order valence-electron chi connectivity index (χ3n) is 16.1. The number of fused-ring (bicyclic) bond motifs is 1. The van der Waals surface area contributed by atoms with Crippen LogP contribution in [-0.2, 0) is 49.3 Å². The number of carbonyl (C=O) groups is 3. The van der Waals surface area contributed by atoms with Gasteiger partial charge in [0.15, 0.2) is 18.7 Å². The van der Waals surface area contributed by atoms with E-state index in [1.54, 1.807) is 59.1 Å². The molecule has 3 fully saturated rings. The molecule has 0 unspecified atom stereocenters.